The predicted molar refractivity (Wildman–Crippen MR) is 62.6 cm³/mol. The zero-order chi connectivity index (χ0) is 11.5. The second-order valence-electron chi connectivity index (χ2n) is 3.96. The third-order valence-corrected chi connectivity index (χ3v) is 2.82. The van der Waals surface area contributed by atoms with Gasteiger partial charge in [0, 0.05) is 6.54 Å². The van der Waals surface area contributed by atoms with Gasteiger partial charge in [-0.15, -0.1) is 0 Å². The third kappa shape index (κ3) is 2.01. The van der Waals surface area contributed by atoms with Gasteiger partial charge in [0.25, 0.3) is 0 Å². The molecular formula is C12H16FN3. The lowest BCUT2D eigenvalue weighted by molar-refractivity contribution is 0.347. The van der Waals surface area contributed by atoms with E-state index in [1.54, 1.807) is 12.1 Å². The number of nitrogens with two attached hydrogens (primary N) is 1. The van der Waals surface area contributed by atoms with Gasteiger partial charge in [0.05, 0.1) is 12.6 Å². The van der Waals surface area contributed by atoms with Crippen LogP contribution in [-0.2, 0) is 0 Å². The molecule has 1 unspecified atom stereocenters. The summed E-state index contributed by atoms with van der Waals surface area (Å²) in [5, 5.41) is 0. The molecule has 1 atom stereocenters. The Morgan fingerprint density at radius 1 is 1.44 bits per heavy atom. The van der Waals surface area contributed by atoms with Crippen LogP contribution in [0.15, 0.2) is 29.3 Å². The summed E-state index contributed by atoms with van der Waals surface area (Å²) in [6, 6.07) is 6.73. The van der Waals surface area contributed by atoms with Gasteiger partial charge in [0.15, 0.2) is 5.96 Å². The fourth-order valence-electron chi connectivity index (χ4n) is 2.01. The largest absolute Gasteiger partial charge is 0.370 e. The number of aliphatic imine (C=N–C) groups is 1. The van der Waals surface area contributed by atoms with E-state index in [1.165, 1.54) is 12.1 Å². The van der Waals surface area contributed by atoms with Crippen molar-refractivity contribution in [3.8, 4) is 0 Å². The molecule has 1 heterocycles. The van der Waals surface area contributed by atoms with Crippen molar-refractivity contribution >= 4 is 5.96 Å². The van der Waals surface area contributed by atoms with Crippen molar-refractivity contribution in [3.63, 3.8) is 0 Å². The van der Waals surface area contributed by atoms with Crippen LogP contribution in [0.25, 0.3) is 0 Å². The molecule has 3 nitrogen and oxygen atoms in total. The van der Waals surface area contributed by atoms with Crippen molar-refractivity contribution in [2.45, 2.75) is 19.4 Å². The zero-order valence-electron chi connectivity index (χ0n) is 9.36. The number of benzene rings is 1. The topological polar surface area (TPSA) is 41.6 Å². The Hall–Kier alpha value is -1.58. The maximum Gasteiger partial charge on any atom is 0.191 e. The highest BCUT2D eigenvalue weighted by atomic mass is 19.1. The van der Waals surface area contributed by atoms with Crippen LogP contribution >= 0.6 is 0 Å². The summed E-state index contributed by atoms with van der Waals surface area (Å²) in [6.07, 6.45) is 1.02. The molecule has 0 aromatic heterocycles. The van der Waals surface area contributed by atoms with Crippen LogP contribution < -0.4 is 5.73 Å². The molecule has 0 fully saturated rings. The molecule has 0 bridgehead atoms. The number of guanidine groups is 1. The van der Waals surface area contributed by atoms with Crippen molar-refractivity contribution in [1.82, 2.24) is 4.90 Å². The molecule has 0 saturated heterocycles. The Labute approximate surface area is 94.8 Å². The Balaban J connectivity index is 2.18. The monoisotopic (exact) mass is 221 g/mol. The van der Waals surface area contributed by atoms with E-state index < -0.39 is 0 Å². The smallest absolute Gasteiger partial charge is 0.191 e. The number of rotatable bonds is 3. The first kappa shape index (κ1) is 10.9. The molecule has 0 spiro atoms. The SMILES string of the molecule is CCCN1C(N)=NCC1c1ccc(F)cc1. The van der Waals surface area contributed by atoms with E-state index in [0.717, 1.165) is 18.5 Å². The molecule has 1 aliphatic heterocycles. The number of nitrogens with zero attached hydrogens (tertiary/aromatic N) is 2. The van der Waals surface area contributed by atoms with Crippen molar-refractivity contribution in [3.05, 3.63) is 35.6 Å². The first-order chi connectivity index (χ1) is 7.72. The Bertz CT molecular complexity index is 386. The second-order valence-corrected chi connectivity index (χ2v) is 3.96. The molecule has 0 saturated carbocycles. The number of halogens is 1. The van der Waals surface area contributed by atoms with Gasteiger partial charge in [0.2, 0.25) is 0 Å². The van der Waals surface area contributed by atoms with Gasteiger partial charge in [-0.05, 0) is 24.1 Å². The van der Waals surface area contributed by atoms with Crippen LogP contribution in [0.5, 0.6) is 0 Å². The molecule has 2 N–H and O–H groups in total. The standard InChI is InChI=1S/C12H16FN3/c1-2-7-16-11(8-15-12(16)14)9-3-5-10(13)6-4-9/h3-6,11H,2,7-8H2,1H3,(H2,14,15). The molecule has 4 heteroatoms. The highest BCUT2D eigenvalue weighted by Gasteiger charge is 2.26. The molecule has 1 aromatic carbocycles. The highest BCUT2D eigenvalue weighted by Crippen LogP contribution is 2.25. The lowest BCUT2D eigenvalue weighted by atomic mass is 10.1. The van der Waals surface area contributed by atoms with E-state index >= 15 is 0 Å². The minimum absolute atomic E-state index is 0.167. The second kappa shape index (κ2) is 4.51. The minimum Gasteiger partial charge on any atom is -0.370 e. The highest BCUT2D eigenvalue weighted by molar-refractivity contribution is 5.80. The van der Waals surface area contributed by atoms with Gasteiger partial charge >= 0.3 is 0 Å². The van der Waals surface area contributed by atoms with Gasteiger partial charge in [-0.1, -0.05) is 19.1 Å². The van der Waals surface area contributed by atoms with Crippen molar-refractivity contribution in [1.29, 1.82) is 0 Å². The summed E-state index contributed by atoms with van der Waals surface area (Å²) in [5.41, 5.74) is 6.89. The molecule has 0 aliphatic carbocycles. The molecule has 0 amide bonds. The summed E-state index contributed by atoms with van der Waals surface area (Å²) in [7, 11) is 0. The van der Waals surface area contributed by atoms with Gasteiger partial charge in [-0.3, -0.25) is 4.99 Å². The summed E-state index contributed by atoms with van der Waals surface area (Å²) >= 11 is 0. The molecule has 1 aromatic rings. The summed E-state index contributed by atoms with van der Waals surface area (Å²) < 4.78 is 12.8. The number of hydrogen-bond acceptors (Lipinski definition) is 3. The van der Waals surface area contributed by atoms with E-state index in [1.807, 2.05) is 0 Å². The fraction of sp³-hybridized carbons (Fsp3) is 0.417. The lowest BCUT2D eigenvalue weighted by Gasteiger charge is -2.26. The normalized spacial score (nSPS) is 20.0. The zero-order valence-corrected chi connectivity index (χ0v) is 9.36. The Morgan fingerprint density at radius 2 is 2.12 bits per heavy atom. The van der Waals surface area contributed by atoms with Crippen LogP contribution in [0.1, 0.15) is 24.9 Å². The summed E-state index contributed by atoms with van der Waals surface area (Å²) in [6.45, 7) is 3.65. The quantitative estimate of drug-likeness (QED) is 0.847. The molecule has 16 heavy (non-hydrogen) atoms. The average molecular weight is 221 g/mol. The molecular weight excluding hydrogens is 205 g/mol. The van der Waals surface area contributed by atoms with E-state index in [-0.39, 0.29) is 11.9 Å². The van der Waals surface area contributed by atoms with Crippen LogP contribution in [0.2, 0.25) is 0 Å². The van der Waals surface area contributed by atoms with Crippen LogP contribution in [0.4, 0.5) is 4.39 Å². The van der Waals surface area contributed by atoms with Crippen LogP contribution in [0.3, 0.4) is 0 Å². The van der Waals surface area contributed by atoms with E-state index in [4.69, 9.17) is 5.73 Å². The summed E-state index contributed by atoms with van der Waals surface area (Å²) in [4.78, 5) is 6.32. The van der Waals surface area contributed by atoms with Gasteiger partial charge in [-0.25, -0.2) is 4.39 Å². The first-order valence-corrected chi connectivity index (χ1v) is 5.54. The molecule has 2 rings (SSSR count). The van der Waals surface area contributed by atoms with Crippen molar-refractivity contribution in [2.75, 3.05) is 13.1 Å². The van der Waals surface area contributed by atoms with E-state index in [0.29, 0.717) is 12.5 Å². The summed E-state index contributed by atoms with van der Waals surface area (Å²) in [5.74, 6) is 0.383. The minimum atomic E-state index is -0.210. The maximum absolute atomic E-state index is 12.8. The van der Waals surface area contributed by atoms with Crippen LogP contribution in [-0.4, -0.2) is 23.9 Å². The Morgan fingerprint density at radius 3 is 2.75 bits per heavy atom. The fourth-order valence-corrected chi connectivity index (χ4v) is 2.01. The van der Waals surface area contributed by atoms with Gasteiger partial charge < -0.3 is 10.6 Å². The Kier molecular flexibility index (Phi) is 3.08. The lowest BCUT2D eigenvalue weighted by Crippen LogP contribution is -2.36. The van der Waals surface area contributed by atoms with E-state index in [2.05, 4.69) is 16.8 Å². The van der Waals surface area contributed by atoms with Gasteiger partial charge in [-0.2, -0.15) is 0 Å². The van der Waals surface area contributed by atoms with E-state index in [9.17, 15) is 4.39 Å². The average Bonchev–Trinajstić information content (AvgIpc) is 2.63. The maximum atomic E-state index is 12.8. The number of hydrogen-bond donors (Lipinski definition) is 1. The molecule has 86 valence electrons. The van der Waals surface area contributed by atoms with Gasteiger partial charge in [0.1, 0.15) is 5.82 Å². The van der Waals surface area contributed by atoms with Crippen LogP contribution in [0, 0.1) is 5.82 Å². The molecule has 0 radical (unpaired) electrons. The predicted octanol–water partition coefficient (Wildman–Crippen LogP) is 1.91. The van der Waals surface area contributed by atoms with Crippen molar-refractivity contribution in [2.24, 2.45) is 10.7 Å². The van der Waals surface area contributed by atoms with Crippen molar-refractivity contribution < 1.29 is 4.39 Å². The molecule has 1 aliphatic rings. The third-order valence-electron chi connectivity index (χ3n) is 2.82. The first-order valence-electron chi connectivity index (χ1n) is 5.54.